The number of esters is 2. The molecular formula is C36H62O8. The first-order valence-electron chi connectivity index (χ1n) is 17.0. The number of aliphatic hydroxyl groups excluding tert-OH is 4. The summed E-state index contributed by atoms with van der Waals surface area (Å²) in [6.45, 7) is 3.86. The molecule has 0 unspecified atom stereocenters. The van der Waals surface area contributed by atoms with Crippen LogP contribution < -0.4 is 0 Å². The van der Waals surface area contributed by atoms with Gasteiger partial charge in [-0.3, -0.25) is 9.59 Å². The van der Waals surface area contributed by atoms with Gasteiger partial charge in [0.2, 0.25) is 0 Å². The van der Waals surface area contributed by atoms with Crippen molar-refractivity contribution < 1.29 is 39.5 Å². The third-order valence-corrected chi connectivity index (χ3v) is 7.18. The molecule has 8 heteroatoms. The summed E-state index contributed by atoms with van der Waals surface area (Å²) < 4.78 is 10.1. The molecule has 0 bridgehead atoms. The summed E-state index contributed by atoms with van der Waals surface area (Å²) in [5.74, 6) is -0.889. The SMILES string of the molecule is CCCCCCCCCCCCC(=O)OC[C@@H](O)COC(=O)CCC[C@@H](O)[C@H](O)/C=C/C=C/C=C\C=C\[C@H](O)CCCCC. The number of ether oxygens (including phenoxy) is 2. The molecule has 0 aromatic carbocycles. The molecule has 0 aliphatic carbocycles. The van der Waals surface area contributed by atoms with Crippen LogP contribution in [0.15, 0.2) is 48.6 Å². The van der Waals surface area contributed by atoms with Gasteiger partial charge in [-0.2, -0.15) is 0 Å². The largest absolute Gasteiger partial charge is 0.463 e. The molecule has 0 rings (SSSR count). The highest BCUT2D eigenvalue weighted by atomic mass is 16.6. The highest BCUT2D eigenvalue weighted by Gasteiger charge is 2.15. The standard InChI is InChI=1S/C36H62O8/c1-3-5-7-8-9-10-11-12-17-21-27-35(41)43-29-32(38)30-44-36(42)28-22-26-34(40)33(39)25-20-16-14-13-15-19-24-31(37)23-18-6-4-2/h13-16,19-20,24-25,31-34,37-40H,3-12,17-18,21-23,26-30H2,1-2H3/b15-13-,16-14+,24-19+,25-20+/t31-,32-,33-,34-/m1/s1. The van der Waals surface area contributed by atoms with E-state index >= 15 is 0 Å². The average molecular weight is 623 g/mol. The van der Waals surface area contributed by atoms with Crippen LogP contribution in [0, 0.1) is 0 Å². The Kier molecular flexibility index (Phi) is 29.2. The highest BCUT2D eigenvalue weighted by Crippen LogP contribution is 2.12. The maximum atomic E-state index is 11.9. The molecule has 0 fully saturated rings. The fraction of sp³-hybridized carbons (Fsp3) is 0.722. The normalized spacial score (nSPS) is 15.0. The monoisotopic (exact) mass is 622 g/mol. The Morgan fingerprint density at radius 1 is 0.545 bits per heavy atom. The van der Waals surface area contributed by atoms with E-state index in [-0.39, 0.29) is 32.0 Å². The van der Waals surface area contributed by atoms with Crippen LogP contribution in [0.4, 0.5) is 0 Å². The van der Waals surface area contributed by atoms with Gasteiger partial charge in [0.1, 0.15) is 19.3 Å². The number of allylic oxidation sites excluding steroid dienone is 6. The Morgan fingerprint density at radius 3 is 1.57 bits per heavy atom. The van der Waals surface area contributed by atoms with Crippen LogP contribution >= 0.6 is 0 Å². The van der Waals surface area contributed by atoms with E-state index < -0.39 is 30.4 Å². The molecule has 0 saturated carbocycles. The predicted molar refractivity (Wildman–Crippen MR) is 177 cm³/mol. The third kappa shape index (κ3) is 28.5. The van der Waals surface area contributed by atoms with Gasteiger partial charge in [0.15, 0.2) is 0 Å². The van der Waals surface area contributed by atoms with Gasteiger partial charge in [0.05, 0.1) is 18.3 Å². The summed E-state index contributed by atoms with van der Waals surface area (Å²) in [7, 11) is 0. The molecule has 0 aliphatic heterocycles. The van der Waals surface area contributed by atoms with Gasteiger partial charge in [-0.05, 0) is 25.7 Å². The second-order valence-corrected chi connectivity index (χ2v) is 11.5. The minimum absolute atomic E-state index is 0.0320. The fourth-order valence-corrected chi connectivity index (χ4v) is 4.41. The van der Waals surface area contributed by atoms with Crippen molar-refractivity contribution in [3.63, 3.8) is 0 Å². The third-order valence-electron chi connectivity index (χ3n) is 7.18. The van der Waals surface area contributed by atoms with Gasteiger partial charge in [-0.15, -0.1) is 0 Å². The molecule has 0 radical (unpaired) electrons. The van der Waals surface area contributed by atoms with Crippen LogP contribution in [-0.4, -0.2) is 70.0 Å². The molecule has 44 heavy (non-hydrogen) atoms. The summed E-state index contributed by atoms with van der Waals surface area (Å²) >= 11 is 0. The van der Waals surface area contributed by atoms with E-state index in [1.165, 1.54) is 51.0 Å². The maximum absolute atomic E-state index is 11.9. The lowest BCUT2D eigenvalue weighted by molar-refractivity contribution is -0.152. The number of carbonyl (C=O) groups excluding carboxylic acids is 2. The number of unbranched alkanes of at least 4 members (excludes halogenated alkanes) is 11. The smallest absolute Gasteiger partial charge is 0.305 e. The molecule has 254 valence electrons. The number of hydrogen-bond donors (Lipinski definition) is 4. The quantitative estimate of drug-likeness (QED) is 0.0407. The Balaban J connectivity index is 3.88. The first-order chi connectivity index (χ1) is 21.3. The van der Waals surface area contributed by atoms with Crippen molar-refractivity contribution in [2.24, 2.45) is 0 Å². The Labute approximate surface area is 266 Å². The molecule has 8 nitrogen and oxygen atoms in total. The van der Waals surface area contributed by atoms with Crippen LogP contribution in [0.5, 0.6) is 0 Å². The van der Waals surface area contributed by atoms with Crippen LogP contribution in [0.2, 0.25) is 0 Å². The minimum atomic E-state index is -1.09. The summed E-state index contributed by atoms with van der Waals surface area (Å²) in [6.07, 6.45) is 26.8. The van der Waals surface area contributed by atoms with E-state index in [1.807, 2.05) is 6.08 Å². The van der Waals surface area contributed by atoms with Crippen molar-refractivity contribution in [2.75, 3.05) is 13.2 Å². The Hall–Kier alpha value is -2.26. The second-order valence-electron chi connectivity index (χ2n) is 11.5. The maximum Gasteiger partial charge on any atom is 0.305 e. The second kappa shape index (κ2) is 30.8. The molecule has 4 N–H and O–H groups in total. The van der Waals surface area contributed by atoms with Gasteiger partial charge in [-0.1, -0.05) is 140 Å². The zero-order chi connectivity index (χ0) is 32.7. The zero-order valence-corrected chi connectivity index (χ0v) is 27.5. The van der Waals surface area contributed by atoms with Crippen LogP contribution in [0.1, 0.15) is 129 Å². The van der Waals surface area contributed by atoms with E-state index in [0.29, 0.717) is 12.8 Å². The number of hydrogen-bond acceptors (Lipinski definition) is 8. The Bertz CT molecular complexity index is 804. The lowest BCUT2D eigenvalue weighted by Gasteiger charge is -2.14. The van der Waals surface area contributed by atoms with Gasteiger partial charge in [0, 0.05) is 12.8 Å². The molecule has 0 heterocycles. The summed E-state index contributed by atoms with van der Waals surface area (Å²) in [5.41, 5.74) is 0. The molecule has 0 aromatic rings. The average Bonchev–Trinajstić information content (AvgIpc) is 3.01. The number of carbonyl (C=O) groups is 2. The van der Waals surface area contributed by atoms with Gasteiger partial charge >= 0.3 is 11.9 Å². The van der Waals surface area contributed by atoms with Gasteiger partial charge < -0.3 is 29.9 Å². The predicted octanol–water partition coefficient (Wildman–Crippen LogP) is 6.80. The fourth-order valence-electron chi connectivity index (χ4n) is 4.41. The first kappa shape index (κ1) is 41.7. The number of rotatable bonds is 29. The van der Waals surface area contributed by atoms with Crippen molar-refractivity contribution >= 4 is 11.9 Å². The van der Waals surface area contributed by atoms with Crippen molar-refractivity contribution in [2.45, 2.75) is 154 Å². The first-order valence-corrected chi connectivity index (χ1v) is 17.0. The van der Waals surface area contributed by atoms with Crippen LogP contribution in [0.3, 0.4) is 0 Å². The molecule has 0 aliphatic rings. The molecular weight excluding hydrogens is 560 g/mol. The highest BCUT2D eigenvalue weighted by molar-refractivity contribution is 5.69. The zero-order valence-electron chi connectivity index (χ0n) is 27.5. The van der Waals surface area contributed by atoms with Crippen molar-refractivity contribution in [1.82, 2.24) is 0 Å². The molecule has 0 saturated heterocycles. The number of aliphatic hydroxyl groups is 4. The van der Waals surface area contributed by atoms with E-state index in [4.69, 9.17) is 9.47 Å². The molecule has 4 atom stereocenters. The summed E-state index contributed by atoms with van der Waals surface area (Å²) in [6, 6.07) is 0. The summed E-state index contributed by atoms with van der Waals surface area (Å²) in [5, 5.41) is 39.9. The summed E-state index contributed by atoms with van der Waals surface area (Å²) in [4.78, 5) is 23.8. The molecule has 0 aromatic heterocycles. The van der Waals surface area contributed by atoms with Crippen molar-refractivity contribution in [1.29, 1.82) is 0 Å². The topological polar surface area (TPSA) is 134 Å². The van der Waals surface area contributed by atoms with Crippen LogP contribution in [-0.2, 0) is 19.1 Å². The van der Waals surface area contributed by atoms with Gasteiger partial charge in [0.25, 0.3) is 0 Å². The molecule has 0 amide bonds. The van der Waals surface area contributed by atoms with E-state index in [1.54, 1.807) is 36.5 Å². The minimum Gasteiger partial charge on any atom is -0.463 e. The molecule has 0 spiro atoms. The lowest BCUT2D eigenvalue weighted by atomic mass is 10.1. The van der Waals surface area contributed by atoms with E-state index in [9.17, 15) is 30.0 Å². The lowest BCUT2D eigenvalue weighted by Crippen LogP contribution is -2.26. The van der Waals surface area contributed by atoms with Crippen LogP contribution in [0.25, 0.3) is 0 Å². The van der Waals surface area contributed by atoms with Crippen molar-refractivity contribution in [3.05, 3.63) is 48.6 Å². The Morgan fingerprint density at radius 2 is 1.00 bits per heavy atom. The van der Waals surface area contributed by atoms with E-state index in [0.717, 1.165) is 44.9 Å². The van der Waals surface area contributed by atoms with Crippen molar-refractivity contribution in [3.8, 4) is 0 Å². The van der Waals surface area contributed by atoms with E-state index in [2.05, 4.69) is 13.8 Å². The van der Waals surface area contributed by atoms with Gasteiger partial charge in [-0.25, -0.2) is 0 Å².